The van der Waals surface area contributed by atoms with Crippen molar-refractivity contribution in [2.45, 2.75) is 62.8 Å². The van der Waals surface area contributed by atoms with Gasteiger partial charge in [0.05, 0.1) is 12.1 Å². The molecule has 4 fully saturated rings. The normalized spacial score (nSPS) is 22.3. The number of hydrogen-bond acceptors (Lipinski definition) is 7. The quantitative estimate of drug-likeness (QED) is 0.253. The first kappa shape index (κ1) is 29.1. The first-order valence-electron chi connectivity index (χ1n) is 15.5. The van der Waals surface area contributed by atoms with E-state index in [9.17, 15) is 9.59 Å². The predicted octanol–water partition coefficient (Wildman–Crippen LogP) is 6.11. The van der Waals surface area contributed by atoms with Gasteiger partial charge in [-0.05, 0) is 87.1 Å². The highest BCUT2D eigenvalue weighted by Gasteiger charge is 2.46. The number of anilines is 2. The molecule has 9 nitrogen and oxygen atoms in total. The van der Waals surface area contributed by atoms with Crippen molar-refractivity contribution in [2.75, 3.05) is 9.80 Å². The number of carbonyl (C=O) groups excluding carboxylic acids is 2. The zero-order valence-electron chi connectivity index (χ0n) is 25.1. The highest BCUT2D eigenvalue weighted by atomic mass is 16.6. The predicted molar refractivity (Wildman–Crippen MR) is 172 cm³/mol. The van der Waals surface area contributed by atoms with Crippen LogP contribution in [0.15, 0.2) is 91.5 Å². The summed E-state index contributed by atoms with van der Waals surface area (Å²) in [6, 6.07) is 21.3. The molecular formula is C37H31N5O4. The van der Waals surface area contributed by atoms with Crippen LogP contribution in [0.5, 0.6) is 0 Å². The Hall–Kier alpha value is -5.67. The zero-order chi connectivity index (χ0) is 31.3. The molecule has 2 aliphatic heterocycles. The lowest BCUT2D eigenvalue weighted by molar-refractivity contribution is 0.137. The Morgan fingerprint density at radius 2 is 1.07 bits per heavy atom. The Morgan fingerprint density at radius 3 is 1.54 bits per heavy atom. The van der Waals surface area contributed by atoms with Crippen LogP contribution in [0.4, 0.5) is 21.2 Å². The molecule has 3 aromatic heterocycles. The van der Waals surface area contributed by atoms with Crippen LogP contribution in [0.1, 0.15) is 60.8 Å². The van der Waals surface area contributed by atoms with Gasteiger partial charge in [0, 0.05) is 47.0 Å². The monoisotopic (exact) mass is 609 g/mol. The topological polar surface area (TPSA) is 97.8 Å². The number of benzene rings is 1. The third-order valence-corrected chi connectivity index (χ3v) is 8.52. The van der Waals surface area contributed by atoms with Crippen LogP contribution >= 0.6 is 0 Å². The van der Waals surface area contributed by atoms with E-state index in [1.807, 2.05) is 66.7 Å². The molecule has 0 N–H and O–H groups in total. The van der Waals surface area contributed by atoms with E-state index in [2.05, 4.69) is 38.6 Å². The van der Waals surface area contributed by atoms with Crippen molar-refractivity contribution in [3.8, 4) is 23.7 Å². The fraction of sp³-hybridized carbons (Fsp3) is 0.270. The lowest BCUT2D eigenvalue weighted by Crippen LogP contribution is -2.34. The number of aromatic nitrogens is 3. The average Bonchev–Trinajstić information content (AvgIpc) is 3.87. The Kier molecular flexibility index (Phi) is 8.30. The molecule has 0 radical (unpaired) electrons. The molecule has 5 heterocycles. The highest BCUT2D eigenvalue weighted by Crippen LogP contribution is 2.36. The van der Waals surface area contributed by atoms with E-state index in [0.717, 1.165) is 60.8 Å². The van der Waals surface area contributed by atoms with Crippen molar-refractivity contribution >= 4 is 23.8 Å². The van der Waals surface area contributed by atoms with E-state index in [0.29, 0.717) is 11.6 Å². The van der Waals surface area contributed by atoms with Gasteiger partial charge in [-0.25, -0.2) is 19.6 Å². The third kappa shape index (κ3) is 6.27. The number of pyridine rings is 3. The van der Waals surface area contributed by atoms with Crippen molar-refractivity contribution in [1.29, 1.82) is 0 Å². The number of ether oxygens (including phenoxy) is 2. The molecule has 2 saturated heterocycles. The second-order valence-corrected chi connectivity index (χ2v) is 11.5. The van der Waals surface area contributed by atoms with Crippen LogP contribution < -0.4 is 9.80 Å². The van der Waals surface area contributed by atoms with E-state index in [4.69, 9.17) is 9.47 Å². The van der Waals surface area contributed by atoms with Gasteiger partial charge in [0.1, 0.15) is 23.8 Å². The Morgan fingerprint density at radius 1 is 0.565 bits per heavy atom. The summed E-state index contributed by atoms with van der Waals surface area (Å²) >= 11 is 0. The van der Waals surface area contributed by atoms with Crippen LogP contribution in [0.25, 0.3) is 0 Å². The summed E-state index contributed by atoms with van der Waals surface area (Å²) in [7, 11) is 0. The second-order valence-electron chi connectivity index (χ2n) is 11.5. The van der Waals surface area contributed by atoms with Crippen LogP contribution in [0, 0.1) is 23.7 Å². The van der Waals surface area contributed by atoms with E-state index in [1.54, 1.807) is 34.6 Å². The van der Waals surface area contributed by atoms with Crippen molar-refractivity contribution in [2.24, 2.45) is 0 Å². The van der Waals surface area contributed by atoms with E-state index >= 15 is 0 Å². The maximum Gasteiger partial charge on any atom is 0.416 e. The molecule has 2 amide bonds. The molecule has 4 unspecified atom stereocenters. The summed E-state index contributed by atoms with van der Waals surface area (Å²) in [5.41, 5.74) is 3.45. The van der Waals surface area contributed by atoms with Gasteiger partial charge in [-0.3, -0.25) is 14.8 Å². The zero-order valence-corrected chi connectivity index (χ0v) is 25.1. The molecule has 8 rings (SSSR count). The SMILES string of the molecule is O=C1OC2CCCC2N1c1ccc(C#Cc2ccccc2)cn1.O=C1OC2CCCC2N1c1ccc(C#Cc2cccnc2)cn1. The number of rotatable bonds is 2. The average molecular weight is 610 g/mol. The van der Waals surface area contributed by atoms with Crippen molar-refractivity contribution < 1.29 is 19.1 Å². The van der Waals surface area contributed by atoms with Crippen molar-refractivity contribution in [3.05, 3.63) is 114 Å². The van der Waals surface area contributed by atoms with Gasteiger partial charge in [-0.2, -0.15) is 0 Å². The molecule has 4 aliphatic rings. The maximum absolute atomic E-state index is 12.0. The first-order valence-corrected chi connectivity index (χ1v) is 15.5. The third-order valence-electron chi connectivity index (χ3n) is 8.52. The molecule has 0 spiro atoms. The molecule has 0 bridgehead atoms. The van der Waals surface area contributed by atoms with Gasteiger partial charge in [-0.1, -0.05) is 41.9 Å². The molecule has 46 heavy (non-hydrogen) atoms. The largest absolute Gasteiger partial charge is 0.444 e. The van der Waals surface area contributed by atoms with Crippen molar-refractivity contribution in [1.82, 2.24) is 15.0 Å². The molecule has 2 saturated carbocycles. The minimum Gasteiger partial charge on any atom is -0.444 e. The van der Waals surface area contributed by atoms with Gasteiger partial charge < -0.3 is 9.47 Å². The van der Waals surface area contributed by atoms with Gasteiger partial charge in [0.15, 0.2) is 0 Å². The summed E-state index contributed by atoms with van der Waals surface area (Å²) in [4.78, 5) is 40.2. The minimum atomic E-state index is -0.290. The lowest BCUT2D eigenvalue weighted by Gasteiger charge is -2.18. The fourth-order valence-corrected chi connectivity index (χ4v) is 6.30. The number of amides is 2. The number of fused-ring (bicyclic) bond motifs is 2. The summed E-state index contributed by atoms with van der Waals surface area (Å²) < 4.78 is 10.8. The summed E-state index contributed by atoms with van der Waals surface area (Å²) in [6.07, 6.45) is 12.3. The molecule has 228 valence electrons. The Balaban J connectivity index is 0.000000147. The summed E-state index contributed by atoms with van der Waals surface area (Å²) in [6.45, 7) is 0. The van der Waals surface area contributed by atoms with Crippen molar-refractivity contribution in [3.63, 3.8) is 0 Å². The number of carbonyl (C=O) groups is 2. The van der Waals surface area contributed by atoms with Gasteiger partial charge in [0.25, 0.3) is 0 Å². The Labute approximate surface area is 267 Å². The van der Waals surface area contributed by atoms with Crippen LogP contribution in [-0.2, 0) is 9.47 Å². The van der Waals surface area contributed by atoms with Gasteiger partial charge >= 0.3 is 12.2 Å². The van der Waals surface area contributed by atoms with Gasteiger partial charge in [-0.15, -0.1) is 0 Å². The summed E-state index contributed by atoms with van der Waals surface area (Å²) in [5, 5.41) is 0. The molecule has 4 aromatic rings. The number of nitrogens with zero attached hydrogens (tertiary/aromatic N) is 5. The van der Waals surface area contributed by atoms with E-state index in [1.165, 1.54) is 0 Å². The Bertz CT molecular complexity index is 1690. The minimum absolute atomic E-state index is 0.0225. The molecule has 9 heteroatoms. The fourth-order valence-electron chi connectivity index (χ4n) is 6.30. The summed E-state index contributed by atoms with van der Waals surface area (Å²) in [5.74, 6) is 13.6. The lowest BCUT2D eigenvalue weighted by atomic mass is 10.2. The first-order chi connectivity index (χ1) is 22.6. The maximum atomic E-state index is 12.0. The van der Waals surface area contributed by atoms with Crippen LogP contribution in [0.3, 0.4) is 0 Å². The standard InChI is InChI=1S/C19H16N2O2.C18H15N3O2/c22-19-21(16-7-4-8-17(16)23-19)18-12-11-15(13-20-18)10-9-14-5-2-1-3-6-14;22-18-21(15-4-1-5-16(15)23-18)17-9-8-14(12-20-17)7-6-13-3-2-10-19-11-13/h1-3,5-6,11-13,16-17H,4,7-8H2;2-3,8-12,15-16H,1,4-5H2. The highest BCUT2D eigenvalue weighted by molar-refractivity contribution is 5.90. The molecule has 1 aromatic carbocycles. The molecular weight excluding hydrogens is 578 g/mol. The van der Waals surface area contributed by atoms with Gasteiger partial charge in [0.2, 0.25) is 0 Å². The second kappa shape index (κ2) is 13.1. The van der Waals surface area contributed by atoms with Crippen LogP contribution in [0.2, 0.25) is 0 Å². The van der Waals surface area contributed by atoms with E-state index in [-0.39, 0.29) is 36.5 Å². The molecule has 4 atom stereocenters. The smallest absolute Gasteiger partial charge is 0.416 e. The van der Waals surface area contributed by atoms with E-state index < -0.39 is 0 Å². The van der Waals surface area contributed by atoms with Crippen LogP contribution in [-0.4, -0.2) is 51.4 Å². The molecule has 2 aliphatic carbocycles. The number of hydrogen-bond donors (Lipinski definition) is 0.